The van der Waals surface area contributed by atoms with E-state index in [-0.39, 0.29) is 0 Å². The molecule has 1 fully saturated rings. The van der Waals surface area contributed by atoms with Gasteiger partial charge >= 0.3 is 0 Å². The Morgan fingerprint density at radius 1 is 1.12 bits per heavy atom. The summed E-state index contributed by atoms with van der Waals surface area (Å²) in [4.78, 5) is 0. The number of unbranched alkanes of at least 4 members (excludes halogenated alkanes) is 1. The molecule has 1 saturated heterocycles. The van der Waals surface area contributed by atoms with Gasteiger partial charge in [0.1, 0.15) is 0 Å². The lowest BCUT2D eigenvalue weighted by atomic mass is 10.1. The fourth-order valence-electron chi connectivity index (χ4n) is 1.89. The molecular weight excluding hydrogens is 214 g/mol. The Morgan fingerprint density at radius 2 is 1.94 bits per heavy atom. The molecule has 1 aromatic carbocycles. The number of nitrogens with one attached hydrogen (secondary N) is 1. The van der Waals surface area contributed by atoms with Crippen LogP contribution < -0.4 is 5.32 Å². The second-order valence-corrected chi connectivity index (χ2v) is 5.69. The summed E-state index contributed by atoms with van der Waals surface area (Å²) in [5, 5.41) is 3.32. The third-order valence-electron chi connectivity index (χ3n) is 3.07. The normalized spacial score (nSPS) is 16.0. The Bertz CT molecular complexity index is 282. The number of benzene rings is 1. The van der Waals surface area contributed by atoms with Crippen molar-refractivity contribution in [3.63, 3.8) is 0 Å². The predicted molar refractivity (Wildman–Crippen MR) is 73.1 cm³/mol. The first kappa shape index (κ1) is 12.0. The van der Waals surface area contributed by atoms with Crippen LogP contribution >= 0.6 is 11.8 Å². The van der Waals surface area contributed by atoms with E-state index in [1.807, 2.05) is 0 Å². The first-order chi connectivity index (χ1) is 7.95. The lowest BCUT2D eigenvalue weighted by molar-refractivity contribution is 0.385. The third kappa shape index (κ3) is 4.18. The number of hydrogen-bond donors (Lipinski definition) is 1. The van der Waals surface area contributed by atoms with Crippen molar-refractivity contribution in [2.24, 2.45) is 5.92 Å². The molecule has 0 amide bonds. The van der Waals surface area contributed by atoms with Crippen molar-refractivity contribution in [1.82, 2.24) is 5.32 Å². The van der Waals surface area contributed by atoms with Gasteiger partial charge in [-0.05, 0) is 55.3 Å². The maximum Gasteiger partial charge on any atom is -0.0000326 e. The highest BCUT2D eigenvalue weighted by atomic mass is 32.2. The summed E-state index contributed by atoms with van der Waals surface area (Å²) in [5.41, 5.74) is 1.48. The SMILES string of the molecule is c1ccc(CCCCSCC2CNC2)cc1. The van der Waals surface area contributed by atoms with Crippen LogP contribution in [-0.2, 0) is 6.42 Å². The lowest BCUT2D eigenvalue weighted by Crippen LogP contribution is -2.43. The second-order valence-electron chi connectivity index (χ2n) is 4.54. The molecule has 16 heavy (non-hydrogen) atoms. The highest BCUT2D eigenvalue weighted by molar-refractivity contribution is 7.99. The molecule has 0 aliphatic carbocycles. The summed E-state index contributed by atoms with van der Waals surface area (Å²) in [5.74, 6) is 3.65. The van der Waals surface area contributed by atoms with Gasteiger partial charge in [-0.25, -0.2) is 0 Å². The smallest absolute Gasteiger partial charge is 0.0000326 e. The zero-order chi connectivity index (χ0) is 11.1. The zero-order valence-corrected chi connectivity index (χ0v) is 10.6. The number of thioether (sulfide) groups is 1. The number of hydrogen-bond acceptors (Lipinski definition) is 2. The van der Waals surface area contributed by atoms with E-state index in [4.69, 9.17) is 0 Å². The molecule has 1 aromatic rings. The summed E-state index contributed by atoms with van der Waals surface area (Å²) in [7, 11) is 0. The molecule has 1 nitrogen and oxygen atoms in total. The minimum absolute atomic E-state index is 0.958. The van der Waals surface area contributed by atoms with Crippen LogP contribution in [0.2, 0.25) is 0 Å². The molecule has 1 aliphatic rings. The van der Waals surface area contributed by atoms with Crippen LogP contribution in [0.3, 0.4) is 0 Å². The molecule has 2 rings (SSSR count). The Balaban J connectivity index is 1.45. The van der Waals surface area contributed by atoms with Crippen molar-refractivity contribution in [3.05, 3.63) is 35.9 Å². The topological polar surface area (TPSA) is 12.0 Å². The van der Waals surface area contributed by atoms with Crippen molar-refractivity contribution in [2.75, 3.05) is 24.6 Å². The molecule has 88 valence electrons. The molecule has 1 N–H and O–H groups in total. The molecule has 1 aliphatic heterocycles. The van der Waals surface area contributed by atoms with Gasteiger partial charge in [0.05, 0.1) is 0 Å². The molecule has 0 radical (unpaired) electrons. The van der Waals surface area contributed by atoms with Gasteiger partial charge in [-0.15, -0.1) is 0 Å². The van der Waals surface area contributed by atoms with E-state index >= 15 is 0 Å². The van der Waals surface area contributed by atoms with E-state index in [1.54, 1.807) is 0 Å². The Labute approximate surface area is 103 Å². The van der Waals surface area contributed by atoms with Gasteiger partial charge in [-0.3, -0.25) is 0 Å². The van der Waals surface area contributed by atoms with E-state index in [1.165, 1.54) is 49.4 Å². The molecule has 0 saturated carbocycles. The van der Waals surface area contributed by atoms with Crippen molar-refractivity contribution in [3.8, 4) is 0 Å². The van der Waals surface area contributed by atoms with Crippen LogP contribution in [0.5, 0.6) is 0 Å². The quantitative estimate of drug-likeness (QED) is 0.729. The van der Waals surface area contributed by atoms with Crippen molar-refractivity contribution in [1.29, 1.82) is 0 Å². The molecule has 2 heteroatoms. The monoisotopic (exact) mass is 235 g/mol. The molecule has 0 atom stereocenters. The fraction of sp³-hybridized carbons (Fsp3) is 0.571. The average Bonchev–Trinajstić information content (AvgIpc) is 2.27. The first-order valence-electron chi connectivity index (χ1n) is 6.27. The van der Waals surface area contributed by atoms with Gasteiger partial charge in [-0.1, -0.05) is 30.3 Å². The van der Waals surface area contributed by atoms with Crippen molar-refractivity contribution >= 4 is 11.8 Å². The summed E-state index contributed by atoms with van der Waals surface area (Å²) in [6, 6.07) is 10.8. The van der Waals surface area contributed by atoms with Crippen LogP contribution in [0.1, 0.15) is 18.4 Å². The summed E-state index contributed by atoms with van der Waals surface area (Å²) in [6.45, 7) is 2.49. The van der Waals surface area contributed by atoms with Crippen molar-refractivity contribution in [2.45, 2.75) is 19.3 Å². The van der Waals surface area contributed by atoms with Crippen molar-refractivity contribution < 1.29 is 0 Å². The predicted octanol–water partition coefficient (Wildman–Crippen LogP) is 2.96. The Morgan fingerprint density at radius 3 is 2.62 bits per heavy atom. The van der Waals surface area contributed by atoms with Crippen LogP contribution in [0.15, 0.2) is 30.3 Å². The summed E-state index contributed by atoms with van der Waals surface area (Å²) in [6.07, 6.45) is 3.94. The molecule has 0 unspecified atom stereocenters. The standard InChI is InChI=1S/C14H21NS/c1-2-6-13(7-3-1)8-4-5-9-16-12-14-10-15-11-14/h1-3,6-7,14-15H,4-5,8-12H2. The largest absolute Gasteiger partial charge is 0.316 e. The van der Waals surface area contributed by atoms with Gasteiger partial charge in [0.15, 0.2) is 0 Å². The first-order valence-corrected chi connectivity index (χ1v) is 7.43. The number of aryl methyl sites for hydroxylation is 1. The van der Waals surface area contributed by atoms with Crippen LogP contribution in [0.4, 0.5) is 0 Å². The Kier molecular flexibility index (Phi) is 5.23. The second kappa shape index (κ2) is 6.97. The minimum atomic E-state index is 0.958. The summed E-state index contributed by atoms with van der Waals surface area (Å²) < 4.78 is 0. The van der Waals surface area contributed by atoms with Gasteiger partial charge in [0, 0.05) is 0 Å². The number of rotatable bonds is 7. The molecule has 0 aromatic heterocycles. The molecular formula is C14H21NS. The highest BCUT2D eigenvalue weighted by Gasteiger charge is 2.15. The maximum absolute atomic E-state index is 3.32. The van der Waals surface area contributed by atoms with E-state index < -0.39 is 0 Å². The lowest BCUT2D eigenvalue weighted by Gasteiger charge is -2.26. The fourth-order valence-corrected chi connectivity index (χ4v) is 3.04. The molecule has 0 spiro atoms. The zero-order valence-electron chi connectivity index (χ0n) is 9.82. The van der Waals surface area contributed by atoms with Gasteiger partial charge in [-0.2, -0.15) is 11.8 Å². The van der Waals surface area contributed by atoms with E-state index in [0.29, 0.717) is 0 Å². The van der Waals surface area contributed by atoms with E-state index in [9.17, 15) is 0 Å². The van der Waals surface area contributed by atoms with E-state index in [2.05, 4.69) is 47.4 Å². The summed E-state index contributed by atoms with van der Waals surface area (Å²) >= 11 is 2.13. The van der Waals surface area contributed by atoms with Gasteiger partial charge in [0.25, 0.3) is 0 Å². The van der Waals surface area contributed by atoms with Crippen LogP contribution in [0.25, 0.3) is 0 Å². The van der Waals surface area contributed by atoms with E-state index in [0.717, 1.165) is 5.92 Å². The Hall–Kier alpha value is -0.470. The highest BCUT2D eigenvalue weighted by Crippen LogP contribution is 2.14. The molecule has 0 bridgehead atoms. The maximum atomic E-state index is 3.32. The minimum Gasteiger partial charge on any atom is -0.316 e. The van der Waals surface area contributed by atoms with Gasteiger partial charge < -0.3 is 5.32 Å². The average molecular weight is 235 g/mol. The third-order valence-corrected chi connectivity index (χ3v) is 4.35. The van der Waals surface area contributed by atoms with Gasteiger partial charge in [0.2, 0.25) is 0 Å². The molecule has 1 heterocycles. The van der Waals surface area contributed by atoms with Crippen LogP contribution in [-0.4, -0.2) is 24.6 Å². The van der Waals surface area contributed by atoms with Crippen LogP contribution in [0, 0.1) is 5.92 Å².